The molecule has 11 heteroatoms. The van der Waals surface area contributed by atoms with Crippen LogP contribution in [0, 0.1) is 0 Å². The van der Waals surface area contributed by atoms with Crippen molar-refractivity contribution < 1.29 is 27.4 Å². The number of halogens is 1. The van der Waals surface area contributed by atoms with Gasteiger partial charge in [-0.2, -0.15) is 0 Å². The second-order valence-electron chi connectivity index (χ2n) is 8.25. The van der Waals surface area contributed by atoms with Gasteiger partial charge in [0.25, 0.3) is 15.9 Å². The van der Waals surface area contributed by atoms with Crippen molar-refractivity contribution in [1.29, 1.82) is 0 Å². The normalized spacial score (nSPS) is 13.7. The van der Waals surface area contributed by atoms with Gasteiger partial charge in [-0.3, -0.25) is 9.52 Å². The van der Waals surface area contributed by atoms with Crippen LogP contribution in [-0.4, -0.2) is 66.2 Å². The molecule has 1 heterocycles. The summed E-state index contributed by atoms with van der Waals surface area (Å²) in [5, 5.41) is 0.289. The Kier molecular flexibility index (Phi) is 8.30. The van der Waals surface area contributed by atoms with Crippen molar-refractivity contribution in [2.45, 2.75) is 4.90 Å². The SMILES string of the molecule is COc1ccc(NS(=O)(=O)c2ccc(OCC(=O)N3CCN(c4ccccc4OC)CC3)cc2)cc1Cl. The molecule has 1 aliphatic heterocycles. The molecule has 1 amide bonds. The molecule has 196 valence electrons. The lowest BCUT2D eigenvalue weighted by atomic mass is 10.2. The van der Waals surface area contributed by atoms with E-state index in [-0.39, 0.29) is 22.4 Å². The fraction of sp³-hybridized carbons (Fsp3) is 0.269. The first kappa shape index (κ1) is 26.4. The van der Waals surface area contributed by atoms with Gasteiger partial charge in [0.15, 0.2) is 6.61 Å². The van der Waals surface area contributed by atoms with E-state index in [1.165, 1.54) is 37.4 Å². The lowest BCUT2D eigenvalue weighted by Gasteiger charge is -2.36. The second kappa shape index (κ2) is 11.6. The molecule has 1 fully saturated rings. The Hall–Kier alpha value is -3.63. The highest BCUT2D eigenvalue weighted by Crippen LogP contribution is 2.29. The third-order valence-corrected chi connectivity index (χ3v) is 7.65. The molecule has 0 radical (unpaired) electrons. The van der Waals surface area contributed by atoms with Gasteiger partial charge in [-0.25, -0.2) is 8.42 Å². The van der Waals surface area contributed by atoms with Gasteiger partial charge in [0.05, 0.1) is 35.5 Å². The van der Waals surface area contributed by atoms with Crippen LogP contribution in [0.3, 0.4) is 0 Å². The van der Waals surface area contributed by atoms with Crippen LogP contribution in [-0.2, 0) is 14.8 Å². The van der Waals surface area contributed by atoms with E-state index in [9.17, 15) is 13.2 Å². The van der Waals surface area contributed by atoms with Crippen molar-refractivity contribution in [2.24, 2.45) is 0 Å². The van der Waals surface area contributed by atoms with Crippen LogP contribution in [0.5, 0.6) is 17.2 Å². The summed E-state index contributed by atoms with van der Waals surface area (Å²) < 4.78 is 44.1. The lowest BCUT2D eigenvalue weighted by molar-refractivity contribution is -0.133. The summed E-state index contributed by atoms with van der Waals surface area (Å²) in [4.78, 5) is 16.7. The quantitative estimate of drug-likeness (QED) is 0.436. The fourth-order valence-electron chi connectivity index (χ4n) is 3.98. The van der Waals surface area contributed by atoms with Crippen molar-refractivity contribution in [2.75, 3.05) is 56.6 Å². The zero-order valence-corrected chi connectivity index (χ0v) is 22.1. The molecule has 0 unspecified atom stereocenters. The molecule has 9 nitrogen and oxygen atoms in total. The van der Waals surface area contributed by atoms with Crippen molar-refractivity contribution in [3.05, 3.63) is 71.8 Å². The lowest BCUT2D eigenvalue weighted by Crippen LogP contribution is -2.50. The van der Waals surface area contributed by atoms with Crippen LogP contribution in [0.25, 0.3) is 0 Å². The number of rotatable bonds is 9. The minimum atomic E-state index is -3.84. The van der Waals surface area contributed by atoms with Gasteiger partial charge in [-0.15, -0.1) is 0 Å². The zero-order chi connectivity index (χ0) is 26.4. The van der Waals surface area contributed by atoms with Crippen LogP contribution >= 0.6 is 11.6 Å². The monoisotopic (exact) mass is 545 g/mol. The maximum absolute atomic E-state index is 12.7. The molecule has 0 spiro atoms. The number of methoxy groups -OCH3 is 2. The highest BCUT2D eigenvalue weighted by molar-refractivity contribution is 7.92. The summed E-state index contributed by atoms with van der Waals surface area (Å²) in [7, 11) is -0.720. The van der Waals surface area contributed by atoms with Gasteiger partial charge in [0.2, 0.25) is 0 Å². The first-order valence-electron chi connectivity index (χ1n) is 11.6. The molecule has 1 N–H and O–H groups in total. The van der Waals surface area contributed by atoms with Crippen molar-refractivity contribution in [3.8, 4) is 17.2 Å². The van der Waals surface area contributed by atoms with E-state index >= 15 is 0 Å². The molecule has 1 saturated heterocycles. The van der Waals surface area contributed by atoms with Gasteiger partial charge in [-0.05, 0) is 54.6 Å². The predicted octanol–water partition coefficient (Wildman–Crippen LogP) is 3.89. The molecule has 1 aliphatic rings. The summed E-state index contributed by atoms with van der Waals surface area (Å²) in [6.45, 7) is 2.37. The first-order chi connectivity index (χ1) is 17.8. The van der Waals surface area contributed by atoms with Crippen LogP contribution in [0.4, 0.5) is 11.4 Å². The first-order valence-corrected chi connectivity index (χ1v) is 13.4. The van der Waals surface area contributed by atoms with E-state index < -0.39 is 10.0 Å². The van der Waals surface area contributed by atoms with Gasteiger partial charge in [0.1, 0.15) is 17.2 Å². The number of carbonyl (C=O) groups is 1. The molecule has 0 aliphatic carbocycles. The molecular weight excluding hydrogens is 518 g/mol. The highest BCUT2D eigenvalue weighted by atomic mass is 35.5. The average Bonchev–Trinajstić information content (AvgIpc) is 2.92. The number of nitrogens with one attached hydrogen (secondary N) is 1. The predicted molar refractivity (Wildman–Crippen MR) is 143 cm³/mol. The molecule has 0 atom stereocenters. The van der Waals surface area contributed by atoms with E-state index in [1.54, 1.807) is 24.1 Å². The Labute approximate surface area is 221 Å². The van der Waals surface area contributed by atoms with E-state index in [0.29, 0.717) is 43.4 Å². The summed E-state index contributed by atoms with van der Waals surface area (Å²) in [5.41, 5.74) is 1.32. The Morgan fingerprint density at radius 3 is 2.24 bits per heavy atom. The number of benzene rings is 3. The number of hydrogen-bond acceptors (Lipinski definition) is 7. The summed E-state index contributed by atoms with van der Waals surface area (Å²) >= 11 is 6.07. The van der Waals surface area contributed by atoms with E-state index in [2.05, 4.69) is 9.62 Å². The van der Waals surface area contributed by atoms with Crippen LogP contribution in [0.1, 0.15) is 0 Å². The molecule has 37 heavy (non-hydrogen) atoms. The molecule has 0 aromatic heterocycles. The average molecular weight is 546 g/mol. The molecule has 0 saturated carbocycles. The summed E-state index contributed by atoms with van der Waals surface area (Å²) in [6, 6.07) is 18.3. The Morgan fingerprint density at radius 2 is 1.59 bits per heavy atom. The number of sulfonamides is 1. The molecule has 3 aromatic carbocycles. The van der Waals surface area contributed by atoms with E-state index in [1.807, 2.05) is 24.3 Å². The van der Waals surface area contributed by atoms with Gasteiger partial charge < -0.3 is 24.0 Å². The molecular formula is C26H28ClN3O6S. The van der Waals surface area contributed by atoms with Crippen LogP contribution in [0.2, 0.25) is 5.02 Å². The highest BCUT2D eigenvalue weighted by Gasteiger charge is 2.23. The van der Waals surface area contributed by atoms with Crippen molar-refractivity contribution in [3.63, 3.8) is 0 Å². The standard InChI is InChI=1S/C26H28ClN3O6S/c1-34-24-12-7-19(17-22(24)27)28-37(32,33)21-10-8-20(9-11-21)36-18-26(31)30-15-13-29(14-16-30)23-5-3-4-6-25(23)35-2/h3-12,17,28H,13-16,18H2,1-2H3. The number of nitrogens with zero attached hydrogens (tertiary/aromatic N) is 2. The maximum Gasteiger partial charge on any atom is 0.261 e. The summed E-state index contributed by atoms with van der Waals surface area (Å²) in [6.07, 6.45) is 0. The van der Waals surface area contributed by atoms with Gasteiger partial charge >= 0.3 is 0 Å². The Balaban J connectivity index is 1.29. The summed E-state index contributed by atoms with van der Waals surface area (Å²) in [5.74, 6) is 1.51. The number of hydrogen-bond donors (Lipinski definition) is 1. The third kappa shape index (κ3) is 6.39. The smallest absolute Gasteiger partial charge is 0.261 e. The molecule has 3 aromatic rings. The van der Waals surface area contributed by atoms with Crippen LogP contribution < -0.4 is 23.8 Å². The van der Waals surface area contributed by atoms with E-state index in [0.717, 1.165) is 11.4 Å². The number of ether oxygens (including phenoxy) is 3. The zero-order valence-electron chi connectivity index (χ0n) is 20.5. The number of amides is 1. The second-order valence-corrected chi connectivity index (χ2v) is 10.3. The topological polar surface area (TPSA) is 97.4 Å². The molecule has 4 rings (SSSR count). The van der Waals surface area contributed by atoms with Gasteiger partial charge in [0, 0.05) is 26.2 Å². The largest absolute Gasteiger partial charge is 0.495 e. The minimum absolute atomic E-state index is 0.0468. The maximum atomic E-state index is 12.7. The third-order valence-electron chi connectivity index (χ3n) is 5.96. The van der Waals surface area contributed by atoms with Crippen molar-refractivity contribution in [1.82, 2.24) is 4.90 Å². The van der Waals surface area contributed by atoms with Gasteiger partial charge in [-0.1, -0.05) is 23.7 Å². The number of anilines is 2. The Bertz CT molecular complexity index is 1340. The number of para-hydroxylation sites is 2. The Morgan fingerprint density at radius 1 is 0.919 bits per heavy atom. The number of carbonyl (C=O) groups excluding carboxylic acids is 1. The fourth-order valence-corrected chi connectivity index (χ4v) is 5.29. The van der Waals surface area contributed by atoms with Crippen LogP contribution in [0.15, 0.2) is 71.6 Å². The minimum Gasteiger partial charge on any atom is -0.495 e. The molecule has 0 bridgehead atoms. The van der Waals surface area contributed by atoms with Crippen molar-refractivity contribution >= 4 is 38.9 Å². The van der Waals surface area contributed by atoms with E-state index in [4.69, 9.17) is 25.8 Å². The number of piperazine rings is 1.